The Kier molecular flexibility index (Phi) is 4.95. The third-order valence-corrected chi connectivity index (χ3v) is 5.68. The van der Waals surface area contributed by atoms with Crippen LogP contribution in [0, 0.1) is 20.2 Å². The van der Waals surface area contributed by atoms with Crippen LogP contribution in [-0.2, 0) is 0 Å². The molecule has 0 aliphatic heterocycles. The molecular weight excluding hydrogens is 462 g/mol. The second-order valence-corrected chi connectivity index (χ2v) is 7.83. The number of nitro benzene ring substituents is 2. The summed E-state index contributed by atoms with van der Waals surface area (Å²) >= 11 is 4.68. The molecule has 2 aromatic heterocycles. The topological polar surface area (TPSA) is 112 Å². The van der Waals surface area contributed by atoms with Gasteiger partial charge < -0.3 is 4.42 Å². The predicted octanol–water partition coefficient (Wildman–Crippen LogP) is 6.31. The van der Waals surface area contributed by atoms with Crippen LogP contribution in [0.2, 0.25) is 0 Å². The number of fused-ring (bicyclic) bond motifs is 1. The molecule has 29 heavy (non-hydrogen) atoms. The third kappa shape index (κ3) is 3.93. The number of hydrogen-bond donors (Lipinski definition) is 0. The molecule has 0 spiro atoms. The van der Waals surface area contributed by atoms with Gasteiger partial charge in [0.05, 0.1) is 20.1 Å². The molecule has 0 bridgehead atoms. The summed E-state index contributed by atoms with van der Waals surface area (Å²) in [6, 6.07) is 12.6. The fourth-order valence-corrected chi connectivity index (χ4v) is 4.14. The van der Waals surface area contributed by atoms with Crippen LogP contribution in [0.15, 0.2) is 57.4 Å². The minimum absolute atomic E-state index is 0.0108. The molecule has 2 aromatic carbocycles. The quantitative estimate of drug-likeness (QED) is 0.249. The summed E-state index contributed by atoms with van der Waals surface area (Å²) in [6.07, 6.45) is 3.51. The maximum Gasteiger partial charge on any atom is 0.270 e. The first kappa shape index (κ1) is 19.0. The van der Waals surface area contributed by atoms with E-state index in [2.05, 4.69) is 20.9 Å². The van der Waals surface area contributed by atoms with Gasteiger partial charge >= 0.3 is 0 Å². The van der Waals surface area contributed by atoms with Gasteiger partial charge in [-0.2, -0.15) is 0 Å². The van der Waals surface area contributed by atoms with Gasteiger partial charge in [0.25, 0.3) is 11.4 Å². The average molecular weight is 472 g/mol. The van der Waals surface area contributed by atoms with Crippen molar-refractivity contribution in [2.24, 2.45) is 0 Å². The summed E-state index contributed by atoms with van der Waals surface area (Å²) in [5, 5.41) is 22.4. The zero-order valence-corrected chi connectivity index (χ0v) is 16.8. The Morgan fingerprint density at radius 3 is 2.41 bits per heavy atom. The van der Waals surface area contributed by atoms with Crippen molar-refractivity contribution >= 4 is 61.0 Å². The molecule has 0 amide bonds. The highest BCUT2D eigenvalue weighted by molar-refractivity contribution is 9.10. The van der Waals surface area contributed by atoms with E-state index in [0.29, 0.717) is 32.1 Å². The summed E-state index contributed by atoms with van der Waals surface area (Å²) < 4.78 is 7.09. The highest BCUT2D eigenvalue weighted by Crippen LogP contribution is 2.33. The molecule has 8 nitrogen and oxygen atoms in total. The van der Waals surface area contributed by atoms with Gasteiger partial charge in [0.15, 0.2) is 0 Å². The number of benzene rings is 2. The van der Waals surface area contributed by atoms with Crippen molar-refractivity contribution in [2.45, 2.75) is 0 Å². The van der Waals surface area contributed by atoms with E-state index in [1.54, 1.807) is 36.4 Å². The Balaban J connectivity index is 1.57. The molecule has 144 valence electrons. The molecule has 4 aromatic rings. The second kappa shape index (κ2) is 7.57. The Morgan fingerprint density at radius 2 is 1.69 bits per heavy atom. The molecule has 0 saturated heterocycles. The average Bonchev–Trinajstić information content (AvgIpc) is 3.32. The van der Waals surface area contributed by atoms with E-state index in [-0.39, 0.29) is 11.4 Å². The number of non-ortho nitro benzene ring substituents is 2. The molecule has 0 atom stereocenters. The number of nitro groups is 2. The third-order valence-electron chi connectivity index (χ3n) is 4.05. The first-order valence-corrected chi connectivity index (χ1v) is 9.79. The molecule has 0 aliphatic carbocycles. The van der Waals surface area contributed by atoms with E-state index in [9.17, 15) is 20.2 Å². The van der Waals surface area contributed by atoms with E-state index in [4.69, 9.17) is 4.42 Å². The molecule has 0 unspecified atom stereocenters. The zero-order chi connectivity index (χ0) is 20.5. The van der Waals surface area contributed by atoms with Crippen molar-refractivity contribution in [1.29, 1.82) is 0 Å². The first-order valence-electron chi connectivity index (χ1n) is 8.18. The number of halogens is 1. The minimum Gasteiger partial charge on any atom is -0.457 e. The van der Waals surface area contributed by atoms with Crippen LogP contribution in [0.5, 0.6) is 0 Å². The van der Waals surface area contributed by atoms with Gasteiger partial charge in [-0.1, -0.05) is 0 Å². The van der Waals surface area contributed by atoms with E-state index in [1.165, 1.54) is 35.6 Å². The molecule has 0 radical (unpaired) electrons. The lowest BCUT2D eigenvalue weighted by Crippen LogP contribution is -1.88. The van der Waals surface area contributed by atoms with Crippen LogP contribution < -0.4 is 0 Å². The van der Waals surface area contributed by atoms with Crippen LogP contribution in [0.25, 0.3) is 33.7 Å². The molecular formula is C19H10BrN3O5S. The SMILES string of the molecule is O=[N+]([O-])c1ccc(-c2ccc(C=Cc3nc4ccc([N+](=O)[O-])cc4s3)o2)c(Br)c1. The highest BCUT2D eigenvalue weighted by atomic mass is 79.9. The van der Waals surface area contributed by atoms with Crippen LogP contribution in [0.3, 0.4) is 0 Å². The molecule has 0 aliphatic rings. The smallest absolute Gasteiger partial charge is 0.270 e. The van der Waals surface area contributed by atoms with Crippen molar-refractivity contribution in [3.8, 4) is 11.3 Å². The number of thiazole rings is 1. The zero-order valence-electron chi connectivity index (χ0n) is 14.4. The lowest BCUT2D eigenvalue weighted by molar-refractivity contribution is -0.385. The van der Waals surface area contributed by atoms with Gasteiger partial charge in [0.2, 0.25) is 0 Å². The Hall–Kier alpha value is -3.37. The molecule has 0 N–H and O–H groups in total. The number of hydrogen-bond acceptors (Lipinski definition) is 7. The molecule has 4 rings (SSSR count). The summed E-state index contributed by atoms with van der Waals surface area (Å²) in [6.45, 7) is 0. The Labute approximate surface area is 175 Å². The summed E-state index contributed by atoms with van der Waals surface area (Å²) in [5.41, 5.74) is 1.40. The van der Waals surface area contributed by atoms with Crippen LogP contribution in [0.1, 0.15) is 10.8 Å². The monoisotopic (exact) mass is 471 g/mol. The maximum absolute atomic E-state index is 10.9. The molecule has 0 fully saturated rings. The van der Waals surface area contributed by atoms with Gasteiger partial charge in [-0.25, -0.2) is 4.98 Å². The van der Waals surface area contributed by atoms with Crippen molar-refractivity contribution in [1.82, 2.24) is 4.98 Å². The van der Waals surface area contributed by atoms with Gasteiger partial charge in [0, 0.05) is 34.3 Å². The number of nitrogens with zero attached hydrogens (tertiary/aromatic N) is 3. The lowest BCUT2D eigenvalue weighted by Gasteiger charge is -2.00. The number of aromatic nitrogens is 1. The van der Waals surface area contributed by atoms with Crippen LogP contribution >= 0.6 is 27.3 Å². The fourth-order valence-electron chi connectivity index (χ4n) is 2.67. The van der Waals surface area contributed by atoms with E-state index in [1.807, 2.05) is 0 Å². The Bertz CT molecular complexity index is 1290. The second-order valence-electron chi connectivity index (χ2n) is 5.92. The number of furan rings is 1. The van der Waals surface area contributed by atoms with E-state index in [0.717, 1.165) is 4.70 Å². The fraction of sp³-hybridized carbons (Fsp3) is 0. The summed E-state index contributed by atoms with van der Waals surface area (Å²) in [7, 11) is 0. The molecule has 2 heterocycles. The van der Waals surface area contributed by atoms with Crippen LogP contribution in [-0.4, -0.2) is 14.8 Å². The maximum atomic E-state index is 10.9. The van der Waals surface area contributed by atoms with E-state index >= 15 is 0 Å². The van der Waals surface area contributed by atoms with Crippen molar-refractivity contribution in [3.63, 3.8) is 0 Å². The van der Waals surface area contributed by atoms with Crippen molar-refractivity contribution in [3.05, 3.63) is 84.0 Å². The van der Waals surface area contributed by atoms with Gasteiger partial charge in [0.1, 0.15) is 16.5 Å². The van der Waals surface area contributed by atoms with Crippen molar-refractivity contribution < 1.29 is 14.3 Å². The van der Waals surface area contributed by atoms with Gasteiger partial charge in [-0.3, -0.25) is 20.2 Å². The van der Waals surface area contributed by atoms with Crippen molar-refractivity contribution in [2.75, 3.05) is 0 Å². The standard InChI is InChI=1S/C19H10BrN3O5S/c20-15-9-11(22(24)25)1-5-14(15)17-7-3-13(28-17)4-8-19-21-16-6-2-12(23(26)27)10-18(16)29-19/h1-10H. The number of rotatable bonds is 5. The van der Waals surface area contributed by atoms with Crippen LogP contribution in [0.4, 0.5) is 11.4 Å². The Morgan fingerprint density at radius 1 is 0.966 bits per heavy atom. The van der Waals surface area contributed by atoms with E-state index < -0.39 is 9.85 Å². The highest BCUT2D eigenvalue weighted by Gasteiger charge is 2.13. The molecule has 0 saturated carbocycles. The summed E-state index contributed by atoms with van der Waals surface area (Å²) in [4.78, 5) is 25.3. The molecule has 10 heteroatoms. The predicted molar refractivity (Wildman–Crippen MR) is 114 cm³/mol. The van der Waals surface area contributed by atoms with Gasteiger partial charge in [-0.05, 0) is 52.3 Å². The largest absolute Gasteiger partial charge is 0.457 e. The minimum atomic E-state index is -0.461. The lowest BCUT2D eigenvalue weighted by atomic mass is 10.1. The normalized spacial score (nSPS) is 11.3. The summed E-state index contributed by atoms with van der Waals surface area (Å²) in [5.74, 6) is 1.14. The first-order chi connectivity index (χ1) is 13.9. The van der Waals surface area contributed by atoms with Gasteiger partial charge in [-0.15, -0.1) is 11.3 Å².